The van der Waals surface area contributed by atoms with Gasteiger partial charge >= 0.3 is 0 Å². The molecule has 96 valence electrons. The molecule has 1 rings (SSSR count). The Morgan fingerprint density at radius 3 is 2.82 bits per heavy atom. The molecule has 0 aliphatic rings. The minimum atomic E-state index is -0.536. The number of ether oxygens (including phenoxy) is 1. The van der Waals surface area contributed by atoms with Crippen molar-refractivity contribution in [1.82, 2.24) is 0 Å². The predicted molar refractivity (Wildman–Crippen MR) is 79.5 cm³/mol. The van der Waals surface area contributed by atoms with Crippen LogP contribution in [0.25, 0.3) is 0 Å². The van der Waals surface area contributed by atoms with Crippen molar-refractivity contribution in [2.24, 2.45) is 10.7 Å². The minimum Gasteiger partial charge on any atom is -0.495 e. The van der Waals surface area contributed by atoms with Gasteiger partial charge < -0.3 is 15.8 Å². The van der Waals surface area contributed by atoms with Crippen molar-refractivity contribution in [2.45, 2.75) is 0 Å². The number of alkyl halides is 1. The van der Waals surface area contributed by atoms with Gasteiger partial charge in [0.2, 0.25) is 0 Å². The van der Waals surface area contributed by atoms with Gasteiger partial charge in [-0.1, -0.05) is 11.6 Å². The van der Waals surface area contributed by atoms with Crippen molar-refractivity contribution in [3.63, 3.8) is 0 Å². The third-order valence-corrected chi connectivity index (χ3v) is 2.09. The number of halogens is 3. The first-order valence-corrected chi connectivity index (χ1v) is 5.01. The molecule has 0 fully saturated rings. The fraction of sp³-hybridized carbons (Fsp3) is 0.300. The Hall–Kier alpha value is -0.760. The van der Waals surface area contributed by atoms with E-state index in [-0.39, 0.29) is 36.5 Å². The Balaban J connectivity index is 0.00000256. The number of hydrogen-bond donors (Lipinski definition) is 2. The van der Waals surface area contributed by atoms with Crippen LogP contribution in [0.3, 0.4) is 0 Å². The van der Waals surface area contributed by atoms with Gasteiger partial charge in [-0.3, -0.25) is 4.99 Å². The molecule has 0 amide bonds. The third-order valence-electron chi connectivity index (χ3n) is 1.79. The lowest BCUT2D eigenvalue weighted by Crippen LogP contribution is -2.23. The summed E-state index contributed by atoms with van der Waals surface area (Å²) in [5, 5.41) is 3.25. The average molecular weight is 374 g/mol. The second kappa shape index (κ2) is 8.35. The number of benzene rings is 1. The summed E-state index contributed by atoms with van der Waals surface area (Å²) in [4.78, 5) is 3.74. The van der Waals surface area contributed by atoms with Crippen LogP contribution in [0.1, 0.15) is 0 Å². The average Bonchev–Trinajstić information content (AvgIpc) is 2.26. The number of nitrogens with zero attached hydrogens (tertiary/aromatic N) is 1. The van der Waals surface area contributed by atoms with Gasteiger partial charge in [0.1, 0.15) is 12.4 Å². The number of guanidine groups is 1. The maximum atomic E-state index is 11.8. The first kappa shape index (κ1) is 16.2. The fourth-order valence-electron chi connectivity index (χ4n) is 1.09. The van der Waals surface area contributed by atoms with Crippen LogP contribution in [-0.2, 0) is 0 Å². The highest BCUT2D eigenvalue weighted by molar-refractivity contribution is 14.0. The Bertz CT molecular complexity index is 390. The quantitative estimate of drug-likeness (QED) is 0.485. The second-order valence-corrected chi connectivity index (χ2v) is 3.34. The van der Waals surface area contributed by atoms with Crippen LogP contribution in [-0.4, -0.2) is 26.3 Å². The van der Waals surface area contributed by atoms with Gasteiger partial charge in [0.15, 0.2) is 5.96 Å². The van der Waals surface area contributed by atoms with E-state index in [9.17, 15) is 4.39 Å². The van der Waals surface area contributed by atoms with Crippen molar-refractivity contribution >= 4 is 47.2 Å². The number of aliphatic imine (C=N–C) groups is 1. The number of hydrogen-bond acceptors (Lipinski definition) is 2. The summed E-state index contributed by atoms with van der Waals surface area (Å²) in [6.07, 6.45) is 0. The van der Waals surface area contributed by atoms with E-state index in [2.05, 4.69) is 10.3 Å². The zero-order valence-corrected chi connectivity index (χ0v) is 12.3. The summed E-state index contributed by atoms with van der Waals surface area (Å²) in [7, 11) is 1.53. The molecule has 0 saturated carbocycles. The van der Waals surface area contributed by atoms with Crippen molar-refractivity contribution < 1.29 is 9.13 Å². The first-order valence-electron chi connectivity index (χ1n) is 4.64. The monoisotopic (exact) mass is 373 g/mol. The van der Waals surface area contributed by atoms with E-state index in [1.165, 1.54) is 7.11 Å². The number of rotatable bonds is 4. The molecule has 0 aromatic heterocycles. The fourth-order valence-corrected chi connectivity index (χ4v) is 1.35. The van der Waals surface area contributed by atoms with Crippen molar-refractivity contribution in [3.8, 4) is 5.75 Å². The maximum absolute atomic E-state index is 11.8. The molecular formula is C10H14ClFIN3O. The van der Waals surface area contributed by atoms with E-state index < -0.39 is 6.67 Å². The van der Waals surface area contributed by atoms with E-state index in [0.717, 1.165) is 0 Å². The molecule has 0 bridgehead atoms. The Labute approximate surface area is 121 Å². The van der Waals surface area contributed by atoms with Crippen LogP contribution in [0.2, 0.25) is 5.02 Å². The van der Waals surface area contributed by atoms with Gasteiger partial charge in [0.25, 0.3) is 0 Å². The van der Waals surface area contributed by atoms with E-state index in [4.69, 9.17) is 22.1 Å². The highest BCUT2D eigenvalue weighted by Gasteiger charge is 2.02. The molecule has 7 heteroatoms. The van der Waals surface area contributed by atoms with E-state index in [1.807, 2.05) is 0 Å². The van der Waals surface area contributed by atoms with Crippen LogP contribution in [0, 0.1) is 0 Å². The summed E-state index contributed by atoms with van der Waals surface area (Å²) in [6, 6.07) is 5.09. The van der Waals surface area contributed by atoms with Crippen LogP contribution in [0.15, 0.2) is 23.2 Å². The molecule has 17 heavy (non-hydrogen) atoms. The molecule has 0 unspecified atom stereocenters. The smallest absolute Gasteiger partial charge is 0.193 e. The summed E-state index contributed by atoms with van der Waals surface area (Å²) in [5.74, 6) is 0.727. The van der Waals surface area contributed by atoms with E-state index in [1.54, 1.807) is 18.2 Å². The van der Waals surface area contributed by atoms with Gasteiger partial charge in [0, 0.05) is 5.69 Å². The van der Waals surface area contributed by atoms with Gasteiger partial charge in [-0.2, -0.15) is 0 Å². The zero-order chi connectivity index (χ0) is 12.0. The van der Waals surface area contributed by atoms with Gasteiger partial charge in [-0.15, -0.1) is 24.0 Å². The highest BCUT2D eigenvalue weighted by Crippen LogP contribution is 2.26. The number of nitrogens with two attached hydrogens (primary N) is 1. The summed E-state index contributed by atoms with van der Waals surface area (Å²) in [5.41, 5.74) is 6.18. The molecule has 1 aromatic rings. The summed E-state index contributed by atoms with van der Waals surface area (Å²) >= 11 is 5.91. The molecule has 0 aliphatic carbocycles. The first-order chi connectivity index (χ1) is 7.67. The second-order valence-electron chi connectivity index (χ2n) is 2.93. The van der Waals surface area contributed by atoms with Crippen molar-refractivity contribution in [2.75, 3.05) is 25.6 Å². The molecule has 1 aromatic carbocycles. The molecular weight excluding hydrogens is 359 g/mol. The molecule has 0 atom stereocenters. The Morgan fingerprint density at radius 1 is 1.59 bits per heavy atom. The molecule has 0 spiro atoms. The topological polar surface area (TPSA) is 59.6 Å². The lowest BCUT2D eigenvalue weighted by atomic mass is 10.3. The Kier molecular flexibility index (Phi) is 7.98. The lowest BCUT2D eigenvalue weighted by Gasteiger charge is -2.08. The largest absolute Gasteiger partial charge is 0.495 e. The molecule has 0 radical (unpaired) electrons. The highest BCUT2D eigenvalue weighted by atomic mass is 127. The zero-order valence-electron chi connectivity index (χ0n) is 9.24. The van der Waals surface area contributed by atoms with Crippen LogP contribution >= 0.6 is 35.6 Å². The molecule has 3 N–H and O–H groups in total. The normalized spacial score (nSPS) is 10.6. The number of nitrogens with one attached hydrogen (secondary N) is 1. The van der Waals surface area contributed by atoms with Gasteiger partial charge in [-0.25, -0.2) is 4.39 Å². The molecule has 4 nitrogen and oxygen atoms in total. The van der Waals surface area contributed by atoms with Crippen LogP contribution in [0.4, 0.5) is 10.1 Å². The molecule has 0 saturated heterocycles. The Morgan fingerprint density at radius 2 is 2.29 bits per heavy atom. The summed E-state index contributed by atoms with van der Waals surface area (Å²) < 4.78 is 16.8. The molecule has 0 aliphatic heterocycles. The number of anilines is 1. The third kappa shape index (κ3) is 5.40. The standard InChI is InChI=1S/C10H13ClFN3O.HI/c1-16-9-3-2-7(6-8(9)11)15-10(13)14-5-4-12;/h2-3,6H,4-5H2,1H3,(H3,13,14,15);1H. The van der Waals surface area contributed by atoms with Gasteiger partial charge in [-0.05, 0) is 18.2 Å². The summed E-state index contributed by atoms with van der Waals surface area (Å²) in [6.45, 7) is -0.492. The number of methoxy groups -OCH3 is 1. The van der Waals surface area contributed by atoms with E-state index in [0.29, 0.717) is 16.5 Å². The predicted octanol–water partition coefficient (Wildman–Crippen LogP) is 2.66. The lowest BCUT2D eigenvalue weighted by molar-refractivity contribution is 0.415. The van der Waals surface area contributed by atoms with Crippen molar-refractivity contribution in [3.05, 3.63) is 23.2 Å². The van der Waals surface area contributed by atoms with Crippen LogP contribution in [0.5, 0.6) is 5.75 Å². The molecule has 0 heterocycles. The van der Waals surface area contributed by atoms with Crippen LogP contribution < -0.4 is 15.8 Å². The van der Waals surface area contributed by atoms with Gasteiger partial charge in [0.05, 0.1) is 18.7 Å². The maximum Gasteiger partial charge on any atom is 0.193 e. The van der Waals surface area contributed by atoms with Crippen molar-refractivity contribution in [1.29, 1.82) is 0 Å². The van der Waals surface area contributed by atoms with E-state index >= 15 is 0 Å². The SMILES string of the molecule is COc1ccc(NC(N)=NCCF)cc1Cl.I. The minimum absolute atomic E-state index is 0.